The molecule has 3 rings (SSSR count). The Hall–Kier alpha value is -1.40. The van der Waals surface area contributed by atoms with Crippen LogP contribution in [0, 0.1) is 0 Å². The van der Waals surface area contributed by atoms with Crippen LogP contribution in [-0.2, 0) is 21.8 Å². The molecule has 0 unspecified atom stereocenters. The lowest BCUT2D eigenvalue weighted by molar-refractivity contribution is -0.118. The van der Waals surface area contributed by atoms with Gasteiger partial charge in [0.2, 0.25) is 5.91 Å². The summed E-state index contributed by atoms with van der Waals surface area (Å²) in [5.41, 5.74) is 3.15. The number of hydrogen-bond donors (Lipinski definition) is 1. The Morgan fingerprint density at radius 3 is 2.41 bits per heavy atom. The number of nitrogens with zero attached hydrogens (tertiary/aromatic N) is 1. The van der Waals surface area contributed by atoms with Crippen molar-refractivity contribution in [2.45, 2.75) is 12.3 Å². The minimum absolute atomic E-state index is 0.000400. The minimum atomic E-state index is 0.000400. The van der Waals surface area contributed by atoms with E-state index in [1.165, 1.54) is 17.4 Å². The Bertz CT molecular complexity index is 745. The van der Waals surface area contributed by atoms with Crippen LogP contribution in [0.4, 0.5) is 5.69 Å². The van der Waals surface area contributed by atoms with Gasteiger partial charge in [-0.15, -0.1) is 11.8 Å². The topological polar surface area (TPSA) is 41.6 Å². The molecular formula is C20H22Cl2N2O2S. The predicted molar refractivity (Wildman–Crippen MR) is 114 cm³/mol. The summed E-state index contributed by atoms with van der Waals surface area (Å²) >= 11 is 13.8. The zero-order valence-electron chi connectivity index (χ0n) is 14.9. The van der Waals surface area contributed by atoms with Gasteiger partial charge in [-0.05, 0) is 35.4 Å². The summed E-state index contributed by atoms with van der Waals surface area (Å²) in [6.07, 6.45) is 0. The first-order valence-electron chi connectivity index (χ1n) is 8.82. The van der Waals surface area contributed by atoms with Crippen molar-refractivity contribution in [2.24, 2.45) is 0 Å². The Labute approximate surface area is 174 Å². The molecule has 2 aromatic rings. The van der Waals surface area contributed by atoms with Crippen LogP contribution in [0.1, 0.15) is 11.1 Å². The molecule has 1 amide bonds. The van der Waals surface area contributed by atoms with Gasteiger partial charge < -0.3 is 15.0 Å². The number of ether oxygens (including phenoxy) is 1. The molecule has 0 spiro atoms. The fourth-order valence-corrected chi connectivity index (χ4v) is 4.41. The average molecular weight is 425 g/mol. The molecule has 0 saturated carbocycles. The molecule has 144 valence electrons. The number of morpholine rings is 1. The van der Waals surface area contributed by atoms with Crippen LogP contribution < -0.4 is 10.2 Å². The van der Waals surface area contributed by atoms with Crippen molar-refractivity contribution in [3.05, 3.63) is 63.6 Å². The molecule has 1 aliphatic rings. The van der Waals surface area contributed by atoms with Crippen LogP contribution in [0.15, 0.2) is 42.5 Å². The van der Waals surface area contributed by atoms with Gasteiger partial charge >= 0.3 is 0 Å². The SMILES string of the molecule is O=C(CSCc1c(Cl)cccc1Cl)NCc1ccc(N2CCOCC2)cc1. The molecular weight excluding hydrogens is 403 g/mol. The van der Waals surface area contributed by atoms with E-state index < -0.39 is 0 Å². The van der Waals surface area contributed by atoms with Gasteiger partial charge in [-0.3, -0.25) is 4.79 Å². The first kappa shape index (κ1) is 20.3. The summed E-state index contributed by atoms with van der Waals surface area (Å²) in [5, 5.41) is 4.22. The van der Waals surface area contributed by atoms with Gasteiger partial charge in [-0.2, -0.15) is 0 Å². The molecule has 0 radical (unpaired) electrons. The van der Waals surface area contributed by atoms with Gasteiger partial charge in [0, 0.05) is 41.1 Å². The van der Waals surface area contributed by atoms with E-state index in [1.807, 2.05) is 18.2 Å². The minimum Gasteiger partial charge on any atom is -0.378 e. The van der Waals surface area contributed by atoms with E-state index in [1.54, 1.807) is 0 Å². The number of amides is 1. The van der Waals surface area contributed by atoms with Gasteiger partial charge in [-0.25, -0.2) is 0 Å². The number of thioether (sulfide) groups is 1. The van der Waals surface area contributed by atoms with Crippen molar-refractivity contribution in [3.8, 4) is 0 Å². The van der Waals surface area contributed by atoms with E-state index in [0.29, 0.717) is 28.1 Å². The molecule has 7 heteroatoms. The van der Waals surface area contributed by atoms with E-state index in [0.717, 1.165) is 37.4 Å². The van der Waals surface area contributed by atoms with Crippen molar-refractivity contribution in [2.75, 3.05) is 37.0 Å². The zero-order valence-corrected chi connectivity index (χ0v) is 17.2. The second-order valence-corrected chi connectivity index (χ2v) is 8.04. The number of hydrogen-bond acceptors (Lipinski definition) is 4. The number of anilines is 1. The van der Waals surface area contributed by atoms with Gasteiger partial charge in [0.1, 0.15) is 0 Å². The summed E-state index contributed by atoms with van der Waals surface area (Å²) in [5.74, 6) is 0.980. The molecule has 1 saturated heterocycles. The maximum atomic E-state index is 12.1. The first-order chi connectivity index (χ1) is 13.1. The quantitative estimate of drug-likeness (QED) is 0.715. The molecule has 1 aliphatic heterocycles. The predicted octanol–water partition coefficient (Wildman–Crippen LogP) is 4.38. The van der Waals surface area contributed by atoms with Crippen molar-refractivity contribution in [1.29, 1.82) is 0 Å². The van der Waals surface area contributed by atoms with Crippen molar-refractivity contribution in [3.63, 3.8) is 0 Å². The number of halogens is 2. The maximum Gasteiger partial charge on any atom is 0.230 e. The van der Waals surface area contributed by atoms with E-state index in [9.17, 15) is 4.79 Å². The molecule has 1 fully saturated rings. The third-order valence-corrected chi connectivity index (χ3v) is 6.01. The van der Waals surface area contributed by atoms with Crippen molar-refractivity contribution < 1.29 is 9.53 Å². The van der Waals surface area contributed by atoms with Crippen LogP contribution in [0.5, 0.6) is 0 Å². The monoisotopic (exact) mass is 424 g/mol. The van der Waals surface area contributed by atoms with E-state index in [2.05, 4.69) is 34.5 Å². The van der Waals surface area contributed by atoms with Gasteiger partial charge in [-0.1, -0.05) is 41.4 Å². The van der Waals surface area contributed by atoms with E-state index >= 15 is 0 Å². The van der Waals surface area contributed by atoms with Crippen molar-refractivity contribution >= 4 is 46.6 Å². The lowest BCUT2D eigenvalue weighted by Gasteiger charge is -2.28. The van der Waals surface area contributed by atoms with Crippen LogP contribution in [0.25, 0.3) is 0 Å². The highest BCUT2D eigenvalue weighted by molar-refractivity contribution is 7.99. The lowest BCUT2D eigenvalue weighted by atomic mass is 10.2. The zero-order chi connectivity index (χ0) is 19.1. The Morgan fingerprint density at radius 1 is 1.07 bits per heavy atom. The number of carbonyl (C=O) groups excluding carboxylic acids is 1. The molecule has 0 bridgehead atoms. The number of carbonyl (C=O) groups is 1. The summed E-state index contributed by atoms with van der Waals surface area (Å²) in [7, 11) is 0. The molecule has 0 aliphatic carbocycles. The second kappa shape index (κ2) is 10.2. The molecule has 27 heavy (non-hydrogen) atoms. The highest BCUT2D eigenvalue weighted by Crippen LogP contribution is 2.28. The van der Waals surface area contributed by atoms with Crippen LogP contribution >= 0.6 is 35.0 Å². The normalized spacial score (nSPS) is 14.2. The standard InChI is InChI=1S/C20H22Cl2N2O2S/c21-18-2-1-3-19(22)17(18)13-27-14-20(25)23-12-15-4-6-16(7-5-15)24-8-10-26-11-9-24/h1-7H,8-14H2,(H,23,25). The molecule has 0 aromatic heterocycles. The van der Waals surface area contributed by atoms with Gasteiger partial charge in [0.25, 0.3) is 0 Å². The first-order valence-corrected chi connectivity index (χ1v) is 10.7. The summed E-state index contributed by atoms with van der Waals surface area (Å²) in [6, 6.07) is 13.7. The molecule has 1 heterocycles. The largest absolute Gasteiger partial charge is 0.378 e. The third-order valence-electron chi connectivity index (χ3n) is 4.34. The second-order valence-electron chi connectivity index (χ2n) is 6.24. The number of nitrogens with one attached hydrogen (secondary N) is 1. The Morgan fingerprint density at radius 2 is 1.74 bits per heavy atom. The lowest BCUT2D eigenvalue weighted by Crippen LogP contribution is -2.36. The molecule has 4 nitrogen and oxygen atoms in total. The highest BCUT2D eigenvalue weighted by atomic mass is 35.5. The third kappa shape index (κ3) is 6.04. The smallest absolute Gasteiger partial charge is 0.230 e. The molecule has 0 atom stereocenters. The van der Waals surface area contributed by atoms with Crippen LogP contribution in [0.3, 0.4) is 0 Å². The summed E-state index contributed by atoms with van der Waals surface area (Å²) < 4.78 is 5.38. The maximum absolute atomic E-state index is 12.1. The molecule has 2 aromatic carbocycles. The fraction of sp³-hybridized carbons (Fsp3) is 0.350. The van der Waals surface area contributed by atoms with Crippen LogP contribution in [-0.4, -0.2) is 38.0 Å². The summed E-state index contributed by atoms with van der Waals surface area (Å²) in [6.45, 7) is 3.91. The fourth-order valence-electron chi connectivity index (χ4n) is 2.81. The van der Waals surface area contributed by atoms with E-state index in [-0.39, 0.29) is 5.91 Å². The van der Waals surface area contributed by atoms with Crippen molar-refractivity contribution in [1.82, 2.24) is 5.32 Å². The Kier molecular flexibility index (Phi) is 7.70. The number of rotatable bonds is 7. The van der Waals surface area contributed by atoms with Gasteiger partial charge in [0.15, 0.2) is 0 Å². The van der Waals surface area contributed by atoms with Crippen LogP contribution in [0.2, 0.25) is 10.0 Å². The number of benzene rings is 2. The highest BCUT2D eigenvalue weighted by Gasteiger charge is 2.11. The molecule has 1 N–H and O–H groups in total. The summed E-state index contributed by atoms with van der Waals surface area (Å²) in [4.78, 5) is 14.4. The Balaban J connectivity index is 1.41. The average Bonchev–Trinajstić information content (AvgIpc) is 2.70. The van der Waals surface area contributed by atoms with Gasteiger partial charge in [0.05, 0.1) is 19.0 Å². The van der Waals surface area contributed by atoms with E-state index in [4.69, 9.17) is 27.9 Å².